The van der Waals surface area contributed by atoms with Gasteiger partial charge in [0.1, 0.15) is 18.2 Å². The van der Waals surface area contributed by atoms with Crippen LogP contribution in [0.1, 0.15) is 57.4 Å². The number of nitrogens with zero attached hydrogens (tertiary/aromatic N) is 5. The highest BCUT2D eigenvalue weighted by molar-refractivity contribution is 5.93. The van der Waals surface area contributed by atoms with Crippen LogP contribution in [0.3, 0.4) is 0 Å². The molecule has 6 rings (SSSR count). The molecule has 2 saturated heterocycles. The van der Waals surface area contributed by atoms with Crippen molar-refractivity contribution >= 4 is 52.5 Å². The molecule has 1 saturated carbocycles. The molecular weight excluding hydrogens is 828 g/mol. The summed E-state index contributed by atoms with van der Waals surface area (Å²) in [5, 5.41) is 12.0. The molecule has 1 aromatic heterocycles. The fraction of sp³-hybridized carbons (Fsp3) is 0.628. The maximum Gasteiger partial charge on any atom is 0.416 e. The number of benzene rings is 1. The number of likely N-dealkylation sites (tertiary alicyclic amines) is 2. The number of anilines is 1. The summed E-state index contributed by atoms with van der Waals surface area (Å²) in [4.78, 5) is 79.6. The Morgan fingerprint density at radius 1 is 0.889 bits per heavy atom. The third-order valence-electron chi connectivity index (χ3n) is 12.2. The summed E-state index contributed by atoms with van der Waals surface area (Å²) in [5.41, 5.74) is -0.507. The molecule has 63 heavy (non-hydrogen) atoms. The van der Waals surface area contributed by atoms with Gasteiger partial charge in [0.25, 0.3) is 0 Å². The number of rotatable bonds is 21. The number of fused-ring (bicyclic) bond motifs is 1. The van der Waals surface area contributed by atoms with Crippen LogP contribution >= 0.6 is 0 Å². The van der Waals surface area contributed by atoms with E-state index in [1.807, 2.05) is 12.3 Å². The fourth-order valence-electron chi connectivity index (χ4n) is 8.61. The minimum absolute atomic E-state index is 0.0229. The Balaban J connectivity index is 0.752. The van der Waals surface area contributed by atoms with Crippen molar-refractivity contribution in [2.45, 2.75) is 76.2 Å². The second-order valence-electron chi connectivity index (χ2n) is 16.4. The van der Waals surface area contributed by atoms with Gasteiger partial charge in [0.15, 0.2) is 0 Å². The van der Waals surface area contributed by atoms with Crippen LogP contribution in [0.25, 0.3) is 10.9 Å². The Morgan fingerprint density at radius 2 is 1.60 bits per heavy atom. The molecule has 4 heterocycles. The van der Waals surface area contributed by atoms with E-state index in [0.29, 0.717) is 90.3 Å². The Bertz CT molecular complexity index is 1980. The molecule has 2 aromatic rings. The number of amides is 5. The molecule has 0 bridgehead atoms. The van der Waals surface area contributed by atoms with Gasteiger partial charge in [-0.25, -0.2) is 9.97 Å². The number of aromatic nitrogens is 2. The summed E-state index contributed by atoms with van der Waals surface area (Å²) in [7, 11) is 1.74. The number of carbonyl (C=O) groups excluding carboxylic acids is 5. The second kappa shape index (κ2) is 22.4. The molecule has 20 heteroatoms. The van der Waals surface area contributed by atoms with E-state index < -0.39 is 23.7 Å². The van der Waals surface area contributed by atoms with E-state index in [2.05, 4.69) is 43.2 Å². The van der Waals surface area contributed by atoms with Crippen LogP contribution in [0.5, 0.6) is 0 Å². The van der Waals surface area contributed by atoms with Gasteiger partial charge in [-0.1, -0.05) is 13.0 Å². The summed E-state index contributed by atoms with van der Waals surface area (Å²) < 4.78 is 56.6. The molecule has 5 amide bonds. The van der Waals surface area contributed by atoms with E-state index >= 15 is 0 Å². The molecule has 1 aliphatic carbocycles. The first-order valence-corrected chi connectivity index (χ1v) is 21.7. The molecule has 3 aliphatic heterocycles. The predicted molar refractivity (Wildman–Crippen MR) is 225 cm³/mol. The zero-order valence-electron chi connectivity index (χ0n) is 35.7. The first-order chi connectivity index (χ1) is 30.3. The molecule has 2 unspecified atom stereocenters. The summed E-state index contributed by atoms with van der Waals surface area (Å²) in [6.07, 6.45) is 5.64. The molecule has 4 aliphatic rings. The van der Waals surface area contributed by atoms with Gasteiger partial charge in [0, 0.05) is 81.7 Å². The van der Waals surface area contributed by atoms with E-state index in [1.54, 1.807) is 23.0 Å². The van der Waals surface area contributed by atoms with Crippen molar-refractivity contribution in [1.29, 1.82) is 0 Å². The molecule has 0 spiro atoms. The minimum atomic E-state index is -4.53. The van der Waals surface area contributed by atoms with Crippen molar-refractivity contribution in [1.82, 2.24) is 35.7 Å². The number of ether oxygens (including phenoxy) is 3. The van der Waals surface area contributed by atoms with E-state index in [0.717, 1.165) is 12.1 Å². The molecule has 0 radical (unpaired) electrons. The number of halogens is 3. The van der Waals surface area contributed by atoms with Crippen molar-refractivity contribution in [3.63, 3.8) is 0 Å². The Labute approximate surface area is 364 Å². The summed E-state index contributed by atoms with van der Waals surface area (Å²) in [6.45, 7) is 5.24. The monoisotopic (exact) mass is 885 g/mol. The lowest BCUT2D eigenvalue weighted by atomic mass is 9.80. The lowest BCUT2D eigenvalue weighted by Crippen LogP contribution is -2.46. The average Bonchev–Trinajstić information content (AvgIpc) is 3.76. The molecule has 344 valence electrons. The number of hydrogen-bond acceptors (Lipinski definition) is 12. The highest BCUT2D eigenvalue weighted by Gasteiger charge is 2.46. The second-order valence-corrected chi connectivity index (χ2v) is 16.4. The molecule has 5 atom stereocenters. The smallest absolute Gasteiger partial charge is 0.379 e. The van der Waals surface area contributed by atoms with Crippen LogP contribution < -0.4 is 21.3 Å². The van der Waals surface area contributed by atoms with Crippen LogP contribution in [0.15, 0.2) is 41.8 Å². The number of allylic oxidation sites excluding steroid dienone is 1. The number of alkyl halides is 3. The largest absolute Gasteiger partial charge is 0.416 e. The third kappa shape index (κ3) is 12.9. The average molecular weight is 886 g/mol. The van der Waals surface area contributed by atoms with Gasteiger partial charge in [-0.3, -0.25) is 29.0 Å². The summed E-state index contributed by atoms with van der Waals surface area (Å²) in [6, 6.07) is 2.26. The fourth-order valence-corrected chi connectivity index (χ4v) is 8.61. The third-order valence-corrected chi connectivity index (χ3v) is 12.2. The maximum atomic E-state index is 13.3. The van der Waals surface area contributed by atoms with Gasteiger partial charge < -0.3 is 45.3 Å². The molecule has 3 fully saturated rings. The van der Waals surface area contributed by atoms with E-state index in [1.165, 1.54) is 12.4 Å². The first-order valence-electron chi connectivity index (χ1n) is 21.7. The summed E-state index contributed by atoms with van der Waals surface area (Å²) in [5.74, 6) is -1.00. The SMILES string of the molecule is CC1C=CN=CC1[C@@H]1[C@@H](C(=O)NCCOCCOCCOCCC(=O)NC2CCC(C(=O)NCCN3CC[C@H](Nc4ncnc5ccc(C(F)(F)F)cc45)C3=O)CC2)CC(=O)N1C. The Hall–Kier alpha value is -5.21. The van der Waals surface area contributed by atoms with Gasteiger partial charge in [-0.15, -0.1) is 0 Å². The van der Waals surface area contributed by atoms with Gasteiger partial charge in [0.05, 0.1) is 62.7 Å². The van der Waals surface area contributed by atoms with Gasteiger partial charge >= 0.3 is 6.18 Å². The molecule has 17 nitrogen and oxygen atoms in total. The Kier molecular flexibility index (Phi) is 16.8. The highest BCUT2D eigenvalue weighted by Crippen LogP contribution is 2.35. The molecular formula is C43H58F3N9O8. The van der Waals surface area contributed by atoms with E-state index in [9.17, 15) is 37.1 Å². The number of hydrogen-bond donors (Lipinski definition) is 4. The quantitative estimate of drug-likeness (QED) is 0.134. The van der Waals surface area contributed by atoms with Crippen LogP contribution in [0.4, 0.5) is 19.0 Å². The zero-order valence-corrected chi connectivity index (χ0v) is 35.7. The number of nitrogens with one attached hydrogen (secondary N) is 4. The molecule has 1 aromatic carbocycles. The van der Waals surface area contributed by atoms with Crippen molar-refractivity contribution in [3.8, 4) is 0 Å². The molecule has 4 N–H and O–H groups in total. The van der Waals surface area contributed by atoms with E-state index in [-0.39, 0.29) is 96.6 Å². The van der Waals surface area contributed by atoms with Crippen LogP contribution in [0, 0.1) is 23.7 Å². The maximum absolute atomic E-state index is 13.3. The number of aliphatic imine (C=N–C) groups is 1. The topological polar surface area (TPSA) is 206 Å². The van der Waals surface area contributed by atoms with Crippen LogP contribution in [0.2, 0.25) is 0 Å². The first kappa shape index (κ1) is 47.3. The van der Waals surface area contributed by atoms with Crippen molar-refractivity contribution in [3.05, 3.63) is 42.4 Å². The number of carbonyl (C=O) groups is 5. The van der Waals surface area contributed by atoms with Crippen molar-refractivity contribution in [2.75, 3.05) is 78.2 Å². The summed E-state index contributed by atoms with van der Waals surface area (Å²) >= 11 is 0. The van der Waals surface area contributed by atoms with Gasteiger partial charge in [-0.2, -0.15) is 13.2 Å². The van der Waals surface area contributed by atoms with Crippen LogP contribution in [-0.4, -0.2) is 147 Å². The van der Waals surface area contributed by atoms with Crippen molar-refractivity contribution in [2.24, 2.45) is 28.7 Å². The lowest BCUT2D eigenvalue weighted by molar-refractivity contribution is -0.137. The minimum Gasteiger partial charge on any atom is -0.379 e. The standard InChI is InChI=1S/C43H58F3N9O8/c1-27-9-12-47-25-33(27)38-32(24-37(57)54(38)2)41(59)49-14-18-62-20-22-63-21-19-61-17-11-36(56)52-30-6-3-28(4-7-30)40(58)48-13-16-55-15-10-35(42(55)60)53-39-31-23-29(43(44,45)46)5-8-34(31)50-26-51-39/h5,8-9,12,23,25-28,30,32-33,35,38H,3-4,6-7,10-11,13-22,24H2,1-2H3,(H,48,58)(H,49,59)(H,52,56)(H,50,51,53)/t27?,28?,30?,32-,33?,35-,38-/m0/s1. The van der Waals surface area contributed by atoms with Crippen LogP contribution in [-0.2, 0) is 44.4 Å². The van der Waals surface area contributed by atoms with Gasteiger partial charge in [0.2, 0.25) is 29.5 Å². The van der Waals surface area contributed by atoms with Crippen molar-refractivity contribution < 1.29 is 51.4 Å². The highest BCUT2D eigenvalue weighted by atomic mass is 19.4. The normalized spacial score (nSPS) is 24.9. The van der Waals surface area contributed by atoms with Gasteiger partial charge in [-0.05, 0) is 56.2 Å². The predicted octanol–water partition coefficient (Wildman–Crippen LogP) is 2.71. The zero-order chi connectivity index (χ0) is 44.9. The lowest BCUT2D eigenvalue weighted by Gasteiger charge is -2.33. The Morgan fingerprint density at radius 3 is 2.33 bits per heavy atom. The van der Waals surface area contributed by atoms with E-state index in [4.69, 9.17) is 14.2 Å².